The molecule has 0 spiro atoms. The van der Waals surface area contributed by atoms with Crippen molar-refractivity contribution in [3.63, 3.8) is 0 Å². The zero-order valence-corrected chi connectivity index (χ0v) is 10.9. The van der Waals surface area contributed by atoms with Crippen LogP contribution in [0.4, 0.5) is 4.39 Å². The van der Waals surface area contributed by atoms with Gasteiger partial charge in [-0.15, -0.1) is 0 Å². The molecule has 2 aromatic rings. The molecule has 68 valence electrons. The van der Waals surface area contributed by atoms with Crippen molar-refractivity contribution in [3.8, 4) is 0 Å². The van der Waals surface area contributed by atoms with E-state index in [0.29, 0.717) is 0 Å². The van der Waals surface area contributed by atoms with Crippen LogP contribution in [-0.2, 0) is 0 Å². The summed E-state index contributed by atoms with van der Waals surface area (Å²) in [4.78, 5) is 0. The molecule has 0 aliphatic carbocycles. The molecule has 0 saturated heterocycles. The number of rotatable bonds is 1. The predicted molar refractivity (Wildman–Crippen MR) is 66.6 cm³/mol. The van der Waals surface area contributed by atoms with Crippen LogP contribution in [-0.4, -0.2) is 3.97 Å². The molecule has 1 aromatic carbocycles. The Bertz CT molecular complexity index is 457. The summed E-state index contributed by atoms with van der Waals surface area (Å²) in [7, 11) is 1.56. The Morgan fingerprint density at radius 2 is 2.23 bits per heavy atom. The summed E-state index contributed by atoms with van der Waals surface area (Å²) in [5, 5.41) is 0.907. The van der Waals surface area contributed by atoms with Gasteiger partial charge < -0.3 is 0 Å². The number of nitrogens with zero attached hydrogens (tertiary/aromatic N) is 1. The van der Waals surface area contributed by atoms with E-state index in [0.717, 1.165) is 15.4 Å². The number of fused-ring (bicyclic) bond motifs is 1. The Morgan fingerprint density at radius 1 is 1.46 bits per heavy atom. The van der Waals surface area contributed by atoms with Crippen LogP contribution >= 0.6 is 46.3 Å². The molecule has 0 radical (unpaired) electrons. The van der Waals surface area contributed by atoms with Gasteiger partial charge in [0.05, 0.1) is 5.52 Å². The van der Waals surface area contributed by atoms with Gasteiger partial charge in [-0.1, -0.05) is 0 Å². The monoisotopic (exact) mass is 371 g/mol. The van der Waals surface area contributed by atoms with Crippen molar-refractivity contribution in [3.05, 3.63) is 34.7 Å². The summed E-state index contributed by atoms with van der Waals surface area (Å²) in [6, 6.07) is 4.78. The van der Waals surface area contributed by atoms with Gasteiger partial charge in [0.1, 0.15) is 5.82 Å². The van der Waals surface area contributed by atoms with Gasteiger partial charge in [0, 0.05) is 46.4 Å². The highest BCUT2D eigenvalue weighted by Crippen LogP contribution is 2.31. The smallest absolute Gasteiger partial charge is 0.124 e. The summed E-state index contributed by atoms with van der Waals surface area (Å²) >= 11 is 5.58. The van der Waals surface area contributed by atoms with Crippen LogP contribution in [0.2, 0.25) is 0 Å². The Kier molecular flexibility index (Phi) is 2.85. The topological polar surface area (TPSA) is 4.93 Å². The van der Waals surface area contributed by atoms with E-state index in [1.807, 2.05) is 10.2 Å². The molecule has 0 aliphatic heterocycles. The summed E-state index contributed by atoms with van der Waals surface area (Å²) in [6.45, 7) is 0. The van der Waals surface area contributed by atoms with Crippen molar-refractivity contribution in [2.24, 2.45) is 0 Å². The number of hydrogen-bond donors (Lipinski definition) is 0. The van der Waals surface area contributed by atoms with Crippen molar-refractivity contribution in [2.45, 2.75) is 0 Å². The summed E-state index contributed by atoms with van der Waals surface area (Å²) in [5.74, 6) is -0.204. The Morgan fingerprint density at radius 3 is 2.92 bits per heavy atom. The second kappa shape index (κ2) is 3.78. The molecule has 0 amide bonds. The first-order chi connectivity index (χ1) is 6.22. The third-order valence-corrected chi connectivity index (χ3v) is 4.11. The van der Waals surface area contributed by atoms with E-state index in [2.05, 4.69) is 37.1 Å². The number of aromatic nitrogens is 1. The molecule has 2 rings (SSSR count). The minimum absolute atomic E-state index is 0.204. The second-order valence-electron chi connectivity index (χ2n) is 2.53. The lowest BCUT2D eigenvalue weighted by molar-refractivity contribution is 0.629. The van der Waals surface area contributed by atoms with Gasteiger partial charge in [0.2, 0.25) is 0 Å². The Hall–Kier alpha value is 0.250. The van der Waals surface area contributed by atoms with Crippen LogP contribution in [0.3, 0.4) is 0 Å². The van der Waals surface area contributed by atoms with Gasteiger partial charge in [-0.2, -0.15) is 0 Å². The summed E-state index contributed by atoms with van der Waals surface area (Å²) < 4.78 is 15.8. The molecule has 0 saturated carbocycles. The van der Waals surface area contributed by atoms with Crippen molar-refractivity contribution in [2.75, 3.05) is 0 Å². The SMILES string of the molecule is Fc1ccc2c(c1)c(Br)cn2SI. The van der Waals surface area contributed by atoms with Gasteiger partial charge in [-0.25, -0.2) is 4.39 Å². The van der Waals surface area contributed by atoms with Crippen LogP contribution in [0.1, 0.15) is 0 Å². The minimum Gasteiger partial charge on any atom is -0.281 e. The van der Waals surface area contributed by atoms with Gasteiger partial charge in [-0.05, 0) is 34.1 Å². The van der Waals surface area contributed by atoms with E-state index in [9.17, 15) is 4.39 Å². The quantitative estimate of drug-likeness (QED) is 0.673. The van der Waals surface area contributed by atoms with Crippen molar-refractivity contribution >= 4 is 57.2 Å². The maximum absolute atomic E-state index is 12.9. The molecule has 1 aromatic heterocycles. The van der Waals surface area contributed by atoms with E-state index in [1.54, 1.807) is 15.2 Å². The first-order valence-electron chi connectivity index (χ1n) is 3.47. The van der Waals surface area contributed by atoms with Crippen LogP contribution < -0.4 is 0 Å². The molecule has 0 bridgehead atoms. The Balaban J connectivity index is 2.80. The molecule has 5 heteroatoms. The normalized spacial score (nSPS) is 11.0. The standard InChI is InChI=1S/C8H4BrFINS/c9-7-4-12(13-11)8-2-1-5(10)3-6(7)8/h1-4H. The summed E-state index contributed by atoms with van der Waals surface area (Å²) in [6.07, 6.45) is 1.93. The molecule has 1 heterocycles. The fourth-order valence-electron chi connectivity index (χ4n) is 1.19. The number of benzene rings is 1. The molecular formula is C8H4BrFINS. The molecule has 0 aliphatic rings. The van der Waals surface area contributed by atoms with Crippen molar-refractivity contribution < 1.29 is 4.39 Å². The van der Waals surface area contributed by atoms with E-state index in [1.165, 1.54) is 12.1 Å². The third-order valence-electron chi connectivity index (χ3n) is 1.76. The average molecular weight is 372 g/mol. The van der Waals surface area contributed by atoms with Gasteiger partial charge in [-0.3, -0.25) is 3.97 Å². The van der Waals surface area contributed by atoms with E-state index < -0.39 is 0 Å². The van der Waals surface area contributed by atoms with Crippen molar-refractivity contribution in [1.29, 1.82) is 0 Å². The van der Waals surface area contributed by atoms with Crippen LogP contribution in [0, 0.1) is 5.82 Å². The van der Waals surface area contributed by atoms with E-state index in [-0.39, 0.29) is 5.82 Å². The Labute approximate surface area is 99.5 Å². The fourth-order valence-corrected chi connectivity index (χ4v) is 3.21. The summed E-state index contributed by atoms with van der Waals surface area (Å²) in [5.41, 5.74) is 1.02. The third kappa shape index (κ3) is 1.73. The highest BCUT2D eigenvalue weighted by molar-refractivity contribution is 14.2. The molecule has 0 fully saturated rings. The van der Waals surface area contributed by atoms with Crippen LogP contribution in [0.15, 0.2) is 28.9 Å². The molecule has 0 N–H and O–H groups in total. The zero-order chi connectivity index (χ0) is 9.42. The number of hydrogen-bond acceptors (Lipinski definition) is 1. The molecule has 0 unspecified atom stereocenters. The predicted octanol–water partition coefficient (Wildman–Crippen LogP) is 4.39. The highest BCUT2D eigenvalue weighted by Gasteiger charge is 2.06. The number of halogens is 3. The second-order valence-corrected chi connectivity index (χ2v) is 5.10. The van der Waals surface area contributed by atoms with Crippen LogP contribution in [0.25, 0.3) is 10.9 Å². The van der Waals surface area contributed by atoms with Crippen molar-refractivity contribution in [1.82, 2.24) is 3.97 Å². The lowest BCUT2D eigenvalue weighted by atomic mass is 10.2. The highest BCUT2D eigenvalue weighted by atomic mass is 127. The van der Waals surface area contributed by atoms with E-state index >= 15 is 0 Å². The first kappa shape index (κ1) is 9.79. The van der Waals surface area contributed by atoms with Gasteiger partial charge >= 0.3 is 0 Å². The maximum Gasteiger partial charge on any atom is 0.124 e. The van der Waals surface area contributed by atoms with E-state index in [4.69, 9.17) is 0 Å². The zero-order valence-electron chi connectivity index (χ0n) is 6.30. The van der Waals surface area contributed by atoms with Gasteiger partial charge in [0.15, 0.2) is 0 Å². The molecular weight excluding hydrogens is 368 g/mol. The lowest BCUT2D eigenvalue weighted by Crippen LogP contribution is -1.78. The largest absolute Gasteiger partial charge is 0.281 e. The molecule has 1 nitrogen and oxygen atoms in total. The molecule has 0 atom stereocenters. The van der Waals surface area contributed by atoms with Crippen LogP contribution in [0.5, 0.6) is 0 Å². The molecule has 13 heavy (non-hydrogen) atoms. The fraction of sp³-hybridized carbons (Fsp3) is 0. The lowest BCUT2D eigenvalue weighted by Gasteiger charge is -1.96. The first-order valence-corrected chi connectivity index (χ1v) is 7.58. The maximum atomic E-state index is 12.9. The average Bonchev–Trinajstić information content (AvgIpc) is 2.43. The minimum atomic E-state index is -0.204. The van der Waals surface area contributed by atoms with Gasteiger partial charge in [0.25, 0.3) is 0 Å².